The van der Waals surface area contributed by atoms with Gasteiger partial charge in [-0.25, -0.2) is 4.31 Å². The fourth-order valence-electron chi connectivity index (χ4n) is 3.65. The Kier molecular flexibility index (Phi) is 11.2. The van der Waals surface area contributed by atoms with Gasteiger partial charge in [0.2, 0.25) is 5.95 Å². The summed E-state index contributed by atoms with van der Waals surface area (Å²) in [4.78, 5) is 76.7. The molecule has 28 heteroatoms. The Morgan fingerprint density at radius 3 is 2.60 bits per heavy atom. The molecule has 0 radical (unpaired) electrons. The lowest BCUT2D eigenvalue weighted by Gasteiger charge is -2.37. The minimum atomic E-state index is -6.27. The lowest BCUT2D eigenvalue weighted by atomic mass is 10.2. The molecule has 0 aromatic carbocycles. The van der Waals surface area contributed by atoms with Crippen LogP contribution in [0.2, 0.25) is 0 Å². The van der Waals surface area contributed by atoms with Crippen molar-refractivity contribution in [3.8, 4) is 11.8 Å². The van der Waals surface area contributed by atoms with Gasteiger partial charge in [-0.05, 0) is 5.53 Å². The molecule has 1 fully saturated rings. The van der Waals surface area contributed by atoms with Gasteiger partial charge in [-0.3, -0.25) is 28.0 Å². The van der Waals surface area contributed by atoms with Crippen LogP contribution in [-0.4, -0.2) is 58.7 Å². The number of nitrogens with one attached hydrogen (secondary N) is 2. The Balaban J connectivity index is 1.88. The van der Waals surface area contributed by atoms with Gasteiger partial charge in [0.1, 0.15) is 19.1 Å². The lowest BCUT2D eigenvalue weighted by Crippen LogP contribution is -2.36. The van der Waals surface area contributed by atoms with Gasteiger partial charge in [0.25, 0.3) is 21.2 Å². The molecule has 0 bridgehead atoms. The second-order valence-corrected chi connectivity index (χ2v) is 12.6. The molecule has 1 amide bonds. The molecular weight excluding hydrogens is 690 g/mol. The fraction of sp³-hybridized carbons (Fsp3) is 0.471. The summed E-state index contributed by atoms with van der Waals surface area (Å²) < 4.78 is 94.3. The van der Waals surface area contributed by atoms with Crippen LogP contribution in [0.15, 0.2) is 16.1 Å². The molecule has 2 unspecified atom stereocenters. The van der Waals surface area contributed by atoms with Crippen LogP contribution in [-0.2, 0) is 41.1 Å². The summed E-state index contributed by atoms with van der Waals surface area (Å²) in [5.41, 5.74) is 13.0. The molecule has 0 saturated carbocycles. The van der Waals surface area contributed by atoms with Crippen LogP contribution in [0.5, 0.6) is 0 Å². The molecule has 3 rings (SSSR count). The number of carbonyl (C=O) groups is 1. The van der Waals surface area contributed by atoms with E-state index in [1.54, 1.807) is 0 Å². The minimum Gasteiger partial charge on any atom is -0.790 e. The molecule has 45 heavy (non-hydrogen) atoms. The number of aromatic amines is 1. The van der Waals surface area contributed by atoms with E-state index in [1.165, 1.54) is 5.32 Å². The van der Waals surface area contributed by atoms with Crippen molar-refractivity contribution >= 4 is 46.4 Å². The predicted molar refractivity (Wildman–Crippen MR) is 129 cm³/mol. The smallest absolute Gasteiger partial charge is 0.471 e. The summed E-state index contributed by atoms with van der Waals surface area (Å²) >= 11 is 0. The Morgan fingerprint density at radius 1 is 1.29 bits per heavy atom. The quantitative estimate of drug-likeness (QED) is 0.0712. The number of H-pyrrole nitrogens is 1. The van der Waals surface area contributed by atoms with E-state index in [0.717, 1.165) is 10.8 Å². The normalized spacial score (nSPS) is 21.3. The summed E-state index contributed by atoms with van der Waals surface area (Å²) in [6.07, 6.45) is -8.16. The van der Waals surface area contributed by atoms with Gasteiger partial charge >= 0.3 is 12.1 Å². The average Bonchev–Trinajstić information content (AvgIpc) is 3.43. The molecule has 3 heterocycles. The van der Waals surface area contributed by atoms with Gasteiger partial charge < -0.3 is 53.8 Å². The molecule has 22 nitrogen and oxygen atoms in total. The highest BCUT2D eigenvalue weighted by Crippen LogP contribution is 2.60. The van der Waals surface area contributed by atoms with Crippen LogP contribution in [0.3, 0.4) is 0 Å². The van der Waals surface area contributed by atoms with E-state index in [4.69, 9.17) is 20.7 Å². The zero-order valence-corrected chi connectivity index (χ0v) is 24.3. The first-order valence-corrected chi connectivity index (χ1v) is 15.8. The number of nitrogens with two attached hydrogens (primary N) is 1. The van der Waals surface area contributed by atoms with Crippen molar-refractivity contribution in [2.24, 2.45) is 5.11 Å². The number of nitrogen functional groups attached to an aromatic ring is 1. The van der Waals surface area contributed by atoms with Crippen LogP contribution in [0.25, 0.3) is 21.5 Å². The Morgan fingerprint density at radius 2 is 1.98 bits per heavy atom. The number of anilines is 1. The van der Waals surface area contributed by atoms with E-state index >= 15 is 0 Å². The van der Waals surface area contributed by atoms with E-state index in [0.29, 0.717) is 0 Å². The summed E-state index contributed by atoms with van der Waals surface area (Å²) in [6, 6.07) is 0. The van der Waals surface area contributed by atoms with Crippen LogP contribution in [0.1, 0.15) is 18.2 Å². The predicted octanol–water partition coefficient (Wildman–Crippen LogP) is -1.91. The first kappa shape index (κ1) is 36.2. The third-order valence-corrected chi connectivity index (χ3v) is 8.88. The molecular formula is C17H16F3N8O14P3-4. The standard InChI is InChI=1S/C17H20F3N8O14P3/c18-17(19,20)15(30)23-3-1-2-8-5-28(13-12(8)14(29)26-16(21)25-13)11-4-9(38-7-24-27-22)10(40-11)6-39-44(34,35)42-45(36,37)41-43(31,32)33/h5,9-11H,3-4,6-7H2,(H,23,30)(H,34,35)(H,36,37)(H2,31,32,33)(H3,21,25,26,29)/p-4/t9-,10-,11-/m0/s1. The monoisotopic (exact) mass is 706 g/mol. The number of nitrogens with zero attached hydrogens (tertiary/aromatic N) is 5. The lowest BCUT2D eigenvalue weighted by molar-refractivity contribution is -0.339. The molecule has 1 aliphatic heterocycles. The van der Waals surface area contributed by atoms with Gasteiger partial charge in [0, 0.05) is 17.5 Å². The summed E-state index contributed by atoms with van der Waals surface area (Å²) in [5, 5.41) is 4.43. The number of hydrogen-bond acceptors (Lipinski definition) is 17. The molecule has 0 aliphatic carbocycles. The maximum absolute atomic E-state index is 12.6. The van der Waals surface area contributed by atoms with Crippen LogP contribution in [0.4, 0.5) is 19.1 Å². The molecule has 2 aromatic heterocycles. The largest absolute Gasteiger partial charge is 0.790 e. The number of phosphoric acid groups is 3. The van der Waals surface area contributed by atoms with Crippen molar-refractivity contribution in [3.05, 3.63) is 32.6 Å². The van der Waals surface area contributed by atoms with Crippen molar-refractivity contribution in [2.75, 3.05) is 25.6 Å². The number of aromatic nitrogens is 3. The molecule has 4 N–H and O–H groups in total. The van der Waals surface area contributed by atoms with E-state index in [9.17, 15) is 56.0 Å². The summed E-state index contributed by atoms with van der Waals surface area (Å²) in [6.45, 7) is -2.51. The molecule has 5 atom stereocenters. The number of amides is 1. The van der Waals surface area contributed by atoms with Crippen LogP contribution >= 0.6 is 23.5 Å². The number of rotatable bonds is 12. The van der Waals surface area contributed by atoms with Crippen molar-refractivity contribution in [1.82, 2.24) is 19.9 Å². The number of alkyl halides is 3. The molecule has 248 valence electrons. The summed E-state index contributed by atoms with van der Waals surface area (Å²) in [7, 11) is -18.5. The van der Waals surface area contributed by atoms with Crippen LogP contribution < -0.4 is 36.2 Å². The maximum Gasteiger partial charge on any atom is 0.471 e. The number of fused-ring (bicyclic) bond motifs is 1. The zero-order valence-electron chi connectivity index (χ0n) is 21.6. The van der Waals surface area contributed by atoms with Crippen molar-refractivity contribution < 1.29 is 73.9 Å². The number of azide groups is 1. The van der Waals surface area contributed by atoms with Crippen LogP contribution in [0, 0.1) is 11.8 Å². The van der Waals surface area contributed by atoms with Gasteiger partial charge in [-0.2, -0.15) is 18.2 Å². The fourth-order valence-corrected chi connectivity index (χ4v) is 6.52. The highest BCUT2D eigenvalue weighted by molar-refractivity contribution is 7.64. The van der Waals surface area contributed by atoms with Gasteiger partial charge in [0.15, 0.2) is 5.65 Å². The Bertz CT molecular complexity index is 1760. The molecule has 1 aliphatic rings. The van der Waals surface area contributed by atoms with Gasteiger partial charge in [-0.15, -0.1) is 0 Å². The number of hydrogen-bond donors (Lipinski definition) is 3. The average molecular weight is 706 g/mol. The van der Waals surface area contributed by atoms with Gasteiger partial charge in [-0.1, -0.05) is 17.0 Å². The van der Waals surface area contributed by atoms with Gasteiger partial charge in [0.05, 0.1) is 38.0 Å². The second-order valence-electron chi connectivity index (χ2n) is 8.31. The number of carbonyl (C=O) groups excluding carboxylic acids is 1. The zero-order chi connectivity index (χ0) is 33.8. The minimum absolute atomic E-state index is 0.132. The number of ether oxygens (including phenoxy) is 2. The first-order chi connectivity index (χ1) is 20.7. The highest BCUT2D eigenvalue weighted by Gasteiger charge is 2.40. The molecule has 1 saturated heterocycles. The topological polar surface area (TPSA) is 344 Å². The van der Waals surface area contributed by atoms with Crippen molar-refractivity contribution in [2.45, 2.75) is 31.0 Å². The Labute approximate surface area is 246 Å². The second kappa shape index (κ2) is 14.0. The molecule has 2 aromatic rings. The molecule has 0 spiro atoms. The van der Waals surface area contributed by atoms with E-state index in [-0.39, 0.29) is 23.0 Å². The SMILES string of the molecule is [N-]=[N+]=NCO[C@H]1C[C@@H](n2cc(C#CCNC(=O)C(F)(F)F)c3c(=O)[nH]c(N)nc32)O[C@H]1COP(=O)([O-])OP(=O)([O-])OP(=O)([O-])[O-]. The first-order valence-electron chi connectivity index (χ1n) is 11.4. The maximum atomic E-state index is 12.6. The number of phosphoric ester groups is 1. The number of halogens is 3. The van der Waals surface area contributed by atoms with Crippen molar-refractivity contribution in [3.63, 3.8) is 0 Å². The summed E-state index contributed by atoms with van der Waals surface area (Å²) in [5.74, 6) is 1.97. The Hall–Kier alpha value is -3.32. The third-order valence-electron chi connectivity index (χ3n) is 5.22. The van der Waals surface area contributed by atoms with E-state index in [1.807, 2.05) is 0 Å². The third kappa shape index (κ3) is 10.4. The van der Waals surface area contributed by atoms with E-state index in [2.05, 4.69) is 45.0 Å². The van der Waals surface area contributed by atoms with E-state index < -0.39 is 85.4 Å². The highest BCUT2D eigenvalue weighted by atomic mass is 31.3. The van der Waals surface area contributed by atoms with Crippen molar-refractivity contribution in [1.29, 1.82) is 0 Å².